The largest absolute Gasteiger partial charge is 0.505 e. The Balaban J connectivity index is 1.17. The van der Waals surface area contributed by atoms with Crippen LogP contribution < -0.4 is 9.47 Å². The minimum atomic E-state index is -0.546. The van der Waals surface area contributed by atoms with Crippen molar-refractivity contribution in [2.45, 2.75) is 245 Å². The number of rotatable bonds is 18. The van der Waals surface area contributed by atoms with E-state index in [2.05, 4.69) is 262 Å². The summed E-state index contributed by atoms with van der Waals surface area (Å²) in [6.07, 6.45) is 4.27. The van der Waals surface area contributed by atoms with E-state index in [0.29, 0.717) is 51.5 Å². The highest BCUT2D eigenvalue weighted by Crippen LogP contribution is 2.54. The fourth-order valence-corrected chi connectivity index (χ4v) is 17.2. The van der Waals surface area contributed by atoms with Crippen LogP contribution in [0, 0.1) is 33.3 Å². The normalized spacial score (nSPS) is 13.6. The summed E-state index contributed by atoms with van der Waals surface area (Å²) in [6, 6.07) is 44.3. The van der Waals surface area contributed by atoms with E-state index in [1.807, 2.05) is 24.3 Å². The molecule has 8 aromatic carbocycles. The molecule has 8 heteroatoms. The minimum absolute atomic E-state index is 0.0257. The van der Waals surface area contributed by atoms with E-state index in [-0.39, 0.29) is 68.0 Å². The highest BCUT2D eigenvalue weighted by Gasteiger charge is 2.37. The minimum Gasteiger partial charge on any atom is -0.505 e. The molecule has 99 heavy (non-hydrogen) atoms. The second kappa shape index (κ2) is 25.8. The fraction of sp³-hybridized carbons (Fsp3) is 0.473. The smallest absolute Gasteiger partial charge is 0.151 e. The van der Waals surface area contributed by atoms with Gasteiger partial charge < -0.3 is 28.8 Å². The quantitative estimate of drug-likeness (QED) is 0.0840. The zero-order chi connectivity index (χ0) is 73.1. The molecule has 0 aliphatic carbocycles. The lowest BCUT2D eigenvalue weighted by Crippen LogP contribution is -2.24. The van der Waals surface area contributed by atoms with Crippen molar-refractivity contribution in [3.05, 3.63) is 178 Å². The van der Waals surface area contributed by atoms with Crippen LogP contribution in [0.1, 0.15) is 246 Å². The monoisotopic (exact) mass is 1340 g/mol. The molecule has 2 aromatic heterocycles. The predicted molar refractivity (Wildman–Crippen MR) is 417 cm³/mol. The third-order valence-electron chi connectivity index (χ3n) is 20.1. The summed E-state index contributed by atoms with van der Waals surface area (Å²) < 4.78 is 50.2. The third-order valence-corrected chi connectivity index (χ3v) is 20.1. The zero-order valence-corrected chi connectivity index (χ0v) is 65.0. The van der Waals surface area contributed by atoms with Crippen LogP contribution in [-0.4, -0.2) is 32.6 Å². The molecule has 10 rings (SSSR count). The number of aromatic nitrogens is 2. The molecule has 10 aromatic rings. The number of hydrogen-bond acceptors (Lipinski definition) is 4. The Morgan fingerprint density at radius 3 is 0.828 bits per heavy atom. The Hall–Kier alpha value is -7.58. The lowest BCUT2D eigenvalue weighted by Gasteiger charge is -2.33. The van der Waals surface area contributed by atoms with E-state index in [4.69, 9.17) is 9.47 Å². The van der Waals surface area contributed by atoms with Gasteiger partial charge in [0, 0.05) is 50.2 Å². The number of ether oxygens (including phenoxy) is 2. The SMILES string of the molecule is CC(C)(C)CC(C)(C)c1ccc2c(c1)c1cc(C(C)(C)CC(C)(C)C)ccc1n2-c1c(O)c(-c2cccc(F)c2)cc(C(C)(C)C)c1OCCCOc1c(C(C)(C)C)cc(-c2cccc(F)c2)c(O)c1-n1c2ccc(C(C)(C)CC(C)(C)C)cc2c2cc(C(C)(C)CC(C)(C)C)ccc21. The Bertz CT molecular complexity index is 4230. The van der Waals surface area contributed by atoms with Crippen LogP contribution in [0.15, 0.2) is 133 Å². The first kappa shape index (κ1) is 74.1. The highest BCUT2D eigenvalue weighted by molar-refractivity contribution is 6.12. The van der Waals surface area contributed by atoms with Crippen molar-refractivity contribution >= 4 is 43.6 Å². The van der Waals surface area contributed by atoms with E-state index in [9.17, 15) is 10.2 Å². The van der Waals surface area contributed by atoms with Gasteiger partial charge in [0.25, 0.3) is 0 Å². The van der Waals surface area contributed by atoms with Crippen molar-refractivity contribution in [2.24, 2.45) is 21.7 Å². The number of fused-ring (bicyclic) bond motifs is 6. The molecule has 0 atom stereocenters. The van der Waals surface area contributed by atoms with Crippen LogP contribution >= 0.6 is 0 Å². The molecule has 0 saturated heterocycles. The first-order valence-electron chi connectivity index (χ1n) is 36.2. The van der Waals surface area contributed by atoms with Crippen molar-refractivity contribution < 1.29 is 28.5 Å². The van der Waals surface area contributed by atoms with E-state index >= 15 is 8.78 Å². The molecule has 2 heterocycles. The molecule has 0 bridgehead atoms. The molecule has 6 nitrogen and oxygen atoms in total. The molecule has 0 aliphatic rings. The molecule has 0 fully saturated rings. The van der Waals surface area contributed by atoms with Gasteiger partial charge in [0.1, 0.15) is 23.0 Å². The van der Waals surface area contributed by atoms with Crippen molar-refractivity contribution in [1.82, 2.24) is 9.13 Å². The number of phenolic OH excluding ortho intramolecular Hbond substituents is 2. The van der Waals surface area contributed by atoms with Gasteiger partial charge in [-0.2, -0.15) is 0 Å². The van der Waals surface area contributed by atoms with Crippen LogP contribution in [0.25, 0.3) is 77.2 Å². The third kappa shape index (κ3) is 15.7. The molecule has 0 unspecified atom stereocenters. The Morgan fingerprint density at radius 1 is 0.333 bits per heavy atom. The summed E-state index contributed by atoms with van der Waals surface area (Å²) in [6.45, 7) is 59.6. The first-order valence-corrected chi connectivity index (χ1v) is 36.2. The van der Waals surface area contributed by atoms with Crippen molar-refractivity contribution in [1.29, 1.82) is 0 Å². The standard InChI is InChI=1S/C91H116F2N2O4/c1-82(2,3)52-88(19,20)58-34-38-72-66(46-58)67-47-59(89(21,22)53-83(4,5)6)35-39-73(67)94(72)76-78(96)64(56-30-27-32-62(92)44-56)50-70(86(13,14)15)80(76)98-42-29-43-99-81-71(87(16,17)18)51-65(57-31-28-33-63(93)45-57)79(97)77(81)95-74-40-36-60(90(23,24)54-84(7,8)9)48-68(74)69-49-61(37-41-75(69)95)91(25,26)55-85(10,11)12/h27-28,30-41,44-51,96-97H,29,42-43,52-55H2,1-26H3. The maximum atomic E-state index is 15.5. The average Bonchev–Trinajstić information content (AvgIpc) is 1.60. The van der Waals surface area contributed by atoms with Gasteiger partial charge in [-0.3, -0.25) is 0 Å². The van der Waals surface area contributed by atoms with Gasteiger partial charge in [0.15, 0.2) is 23.0 Å². The molecule has 0 saturated carbocycles. The summed E-state index contributed by atoms with van der Waals surface area (Å²) in [5, 5.41) is 31.1. The van der Waals surface area contributed by atoms with Gasteiger partial charge in [-0.1, -0.05) is 229 Å². The van der Waals surface area contributed by atoms with Gasteiger partial charge in [0.05, 0.1) is 35.3 Å². The second-order valence-corrected chi connectivity index (χ2v) is 38.7. The maximum Gasteiger partial charge on any atom is 0.151 e. The Morgan fingerprint density at radius 2 is 0.596 bits per heavy atom. The number of hydrogen-bond donors (Lipinski definition) is 2. The van der Waals surface area contributed by atoms with E-state index in [1.54, 1.807) is 12.1 Å². The van der Waals surface area contributed by atoms with Crippen LogP contribution in [-0.2, 0) is 32.5 Å². The second-order valence-electron chi connectivity index (χ2n) is 38.7. The summed E-state index contributed by atoms with van der Waals surface area (Å²) in [5.74, 6) is 0.176. The van der Waals surface area contributed by atoms with Gasteiger partial charge in [-0.05, 0) is 198 Å². The van der Waals surface area contributed by atoms with Gasteiger partial charge in [-0.25, -0.2) is 8.78 Å². The van der Waals surface area contributed by atoms with Gasteiger partial charge >= 0.3 is 0 Å². The summed E-state index contributed by atoms with van der Waals surface area (Å²) in [4.78, 5) is 0. The number of benzene rings is 8. The number of halogens is 2. The van der Waals surface area contributed by atoms with Gasteiger partial charge in [-0.15, -0.1) is 0 Å². The topological polar surface area (TPSA) is 68.8 Å². The van der Waals surface area contributed by atoms with Crippen molar-refractivity contribution in [3.8, 4) is 56.6 Å². The summed E-state index contributed by atoms with van der Waals surface area (Å²) >= 11 is 0. The Labute approximate surface area is 592 Å². The van der Waals surface area contributed by atoms with Crippen LogP contribution in [0.5, 0.6) is 23.0 Å². The zero-order valence-electron chi connectivity index (χ0n) is 65.0. The number of nitrogens with zero attached hydrogens (tertiary/aromatic N) is 2. The first-order chi connectivity index (χ1) is 45.5. The molecular formula is C91H116F2N2O4. The molecule has 0 spiro atoms. The molecule has 0 aliphatic heterocycles. The number of aromatic hydroxyl groups is 2. The number of phenols is 2. The average molecular weight is 1340 g/mol. The molecule has 0 amide bonds. The van der Waals surface area contributed by atoms with Crippen LogP contribution in [0.3, 0.4) is 0 Å². The molecular weight excluding hydrogens is 1220 g/mol. The maximum absolute atomic E-state index is 15.5. The van der Waals surface area contributed by atoms with Crippen molar-refractivity contribution in [2.75, 3.05) is 13.2 Å². The van der Waals surface area contributed by atoms with Crippen LogP contribution in [0.4, 0.5) is 8.78 Å². The lowest BCUT2D eigenvalue weighted by molar-refractivity contribution is 0.240. The summed E-state index contributed by atoms with van der Waals surface area (Å²) in [5.41, 5.74) is 11.8. The predicted octanol–water partition coefficient (Wildman–Crippen LogP) is 26.2. The van der Waals surface area contributed by atoms with E-state index in [1.165, 1.54) is 46.5 Å². The lowest BCUT2D eigenvalue weighted by atomic mass is 9.71. The summed E-state index contributed by atoms with van der Waals surface area (Å²) in [7, 11) is 0. The fourth-order valence-electron chi connectivity index (χ4n) is 17.2. The van der Waals surface area contributed by atoms with Crippen molar-refractivity contribution in [3.63, 3.8) is 0 Å². The van der Waals surface area contributed by atoms with Crippen LogP contribution in [0.2, 0.25) is 0 Å². The Kier molecular flexibility index (Phi) is 19.3. The van der Waals surface area contributed by atoms with E-state index in [0.717, 1.165) is 80.4 Å². The molecule has 528 valence electrons. The van der Waals surface area contributed by atoms with E-state index < -0.39 is 22.5 Å². The molecule has 2 N–H and O–H groups in total. The van der Waals surface area contributed by atoms with Gasteiger partial charge in [0.2, 0.25) is 0 Å². The molecule has 0 radical (unpaired) electrons. The highest BCUT2D eigenvalue weighted by atomic mass is 19.1.